The zero-order valence-electron chi connectivity index (χ0n) is 12.6. The zero-order chi connectivity index (χ0) is 13.3. The third-order valence-corrected chi connectivity index (χ3v) is 3.37. The average Bonchev–Trinajstić information content (AvgIpc) is 2.12. The van der Waals surface area contributed by atoms with Crippen LogP contribution in [0.4, 0.5) is 0 Å². The molecule has 0 aromatic heterocycles. The third-order valence-electron chi connectivity index (χ3n) is 3.37. The second-order valence-electron chi connectivity index (χ2n) is 7.59. The van der Waals surface area contributed by atoms with E-state index in [0.29, 0.717) is 16.7 Å². The molecule has 0 aromatic rings. The van der Waals surface area contributed by atoms with Crippen molar-refractivity contribution in [3.05, 3.63) is 23.4 Å². The molecule has 0 amide bonds. The van der Waals surface area contributed by atoms with Crippen molar-refractivity contribution in [3.8, 4) is 0 Å². The summed E-state index contributed by atoms with van der Waals surface area (Å²) < 4.78 is 0. The van der Waals surface area contributed by atoms with Gasteiger partial charge < -0.3 is 5.32 Å². The van der Waals surface area contributed by atoms with Crippen molar-refractivity contribution in [2.24, 2.45) is 16.7 Å². The molecule has 0 aliphatic heterocycles. The van der Waals surface area contributed by atoms with Gasteiger partial charge in [-0.05, 0) is 35.7 Å². The largest absolute Gasteiger partial charge is 0.385 e. The van der Waals surface area contributed by atoms with Gasteiger partial charge >= 0.3 is 0 Å². The Hall–Kier alpha value is -0.720. The summed E-state index contributed by atoms with van der Waals surface area (Å²) in [7, 11) is 0. The fourth-order valence-corrected chi connectivity index (χ4v) is 2.04. The highest BCUT2D eigenvalue weighted by Crippen LogP contribution is 2.35. The summed E-state index contributed by atoms with van der Waals surface area (Å²) >= 11 is 0. The van der Waals surface area contributed by atoms with E-state index in [0.717, 1.165) is 13.0 Å². The molecule has 1 heteroatoms. The van der Waals surface area contributed by atoms with Gasteiger partial charge in [-0.3, -0.25) is 0 Å². The standard InChI is InChI=1S/C16H29N/c1-12-10-13(16(5,6)7)8-9-14(12)17-11-15(2,3)4/h9-10,13,17H,8,11H2,1-7H3. The second kappa shape index (κ2) is 4.88. The van der Waals surface area contributed by atoms with Crippen molar-refractivity contribution in [1.82, 2.24) is 5.32 Å². The minimum atomic E-state index is 0.335. The maximum absolute atomic E-state index is 3.58. The Morgan fingerprint density at radius 2 is 1.76 bits per heavy atom. The lowest BCUT2D eigenvalue weighted by Crippen LogP contribution is -2.29. The molecule has 1 unspecified atom stereocenters. The van der Waals surface area contributed by atoms with E-state index in [1.807, 2.05) is 0 Å². The highest BCUT2D eigenvalue weighted by atomic mass is 14.9. The van der Waals surface area contributed by atoms with Gasteiger partial charge in [-0.15, -0.1) is 0 Å². The van der Waals surface area contributed by atoms with Crippen LogP contribution in [0.15, 0.2) is 23.4 Å². The molecular formula is C16H29N. The molecule has 0 spiro atoms. The molecule has 17 heavy (non-hydrogen) atoms. The van der Waals surface area contributed by atoms with Gasteiger partial charge in [-0.2, -0.15) is 0 Å². The van der Waals surface area contributed by atoms with E-state index in [4.69, 9.17) is 0 Å². The van der Waals surface area contributed by atoms with Crippen molar-refractivity contribution in [2.45, 2.75) is 54.9 Å². The van der Waals surface area contributed by atoms with Crippen molar-refractivity contribution in [3.63, 3.8) is 0 Å². The summed E-state index contributed by atoms with van der Waals surface area (Å²) in [6.07, 6.45) is 5.97. The van der Waals surface area contributed by atoms with Gasteiger partial charge in [0.1, 0.15) is 0 Å². The molecule has 0 radical (unpaired) electrons. The van der Waals surface area contributed by atoms with Gasteiger partial charge in [-0.1, -0.05) is 53.7 Å². The molecule has 0 fully saturated rings. The average molecular weight is 235 g/mol. The maximum Gasteiger partial charge on any atom is 0.0326 e. The quantitative estimate of drug-likeness (QED) is 0.742. The molecule has 0 aromatic carbocycles. The molecule has 1 aliphatic carbocycles. The SMILES string of the molecule is CC1=CC(C(C)(C)C)CC=C1NCC(C)(C)C. The van der Waals surface area contributed by atoms with E-state index in [2.05, 4.69) is 65.9 Å². The molecule has 1 rings (SSSR count). The van der Waals surface area contributed by atoms with Gasteiger partial charge in [0.2, 0.25) is 0 Å². The van der Waals surface area contributed by atoms with Gasteiger partial charge in [0.25, 0.3) is 0 Å². The monoisotopic (exact) mass is 235 g/mol. The summed E-state index contributed by atoms with van der Waals surface area (Å²) in [6.45, 7) is 17.0. The molecule has 1 aliphatic rings. The Morgan fingerprint density at radius 1 is 1.18 bits per heavy atom. The lowest BCUT2D eigenvalue weighted by Gasteiger charge is -2.32. The Kier molecular flexibility index (Phi) is 4.11. The van der Waals surface area contributed by atoms with Gasteiger partial charge in [-0.25, -0.2) is 0 Å². The molecular weight excluding hydrogens is 206 g/mol. The van der Waals surface area contributed by atoms with Gasteiger partial charge in [0.05, 0.1) is 0 Å². The van der Waals surface area contributed by atoms with Gasteiger partial charge in [0.15, 0.2) is 0 Å². The highest BCUT2D eigenvalue weighted by molar-refractivity contribution is 5.32. The zero-order valence-corrected chi connectivity index (χ0v) is 12.6. The Balaban J connectivity index is 2.63. The summed E-state index contributed by atoms with van der Waals surface area (Å²) in [5.74, 6) is 0.669. The lowest BCUT2D eigenvalue weighted by atomic mass is 9.75. The molecule has 1 N–H and O–H groups in total. The van der Waals surface area contributed by atoms with E-state index in [-0.39, 0.29) is 0 Å². The van der Waals surface area contributed by atoms with Crippen LogP contribution >= 0.6 is 0 Å². The van der Waals surface area contributed by atoms with Gasteiger partial charge in [0, 0.05) is 12.2 Å². The molecule has 0 saturated carbocycles. The van der Waals surface area contributed by atoms with Crippen LogP contribution in [0.25, 0.3) is 0 Å². The van der Waals surface area contributed by atoms with Crippen LogP contribution in [-0.4, -0.2) is 6.54 Å². The smallest absolute Gasteiger partial charge is 0.0326 e. The maximum atomic E-state index is 3.58. The summed E-state index contributed by atoms with van der Waals surface area (Å²) in [6, 6.07) is 0. The summed E-state index contributed by atoms with van der Waals surface area (Å²) in [5, 5.41) is 3.58. The number of rotatable bonds is 2. The molecule has 0 heterocycles. The number of hydrogen-bond acceptors (Lipinski definition) is 1. The lowest BCUT2D eigenvalue weighted by molar-refractivity contribution is 0.290. The fourth-order valence-electron chi connectivity index (χ4n) is 2.04. The minimum Gasteiger partial charge on any atom is -0.385 e. The second-order valence-corrected chi connectivity index (χ2v) is 7.59. The van der Waals surface area contributed by atoms with Crippen LogP contribution in [0.2, 0.25) is 0 Å². The number of hydrogen-bond donors (Lipinski definition) is 1. The molecule has 98 valence electrons. The van der Waals surface area contributed by atoms with E-state index in [1.54, 1.807) is 0 Å². The number of allylic oxidation sites excluding steroid dienone is 3. The molecule has 1 atom stereocenters. The minimum absolute atomic E-state index is 0.335. The van der Waals surface area contributed by atoms with E-state index >= 15 is 0 Å². The van der Waals surface area contributed by atoms with Crippen LogP contribution in [0.5, 0.6) is 0 Å². The first kappa shape index (κ1) is 14.3. The Labute approximate surface area is 107 Å². The van der Waals surface area contributed by atoms with Crippen LogP contribution in [-0.2, 0) is 0 Å². The van der Waals surface area contributed by atoms with E-state index in [1.165, 1.54) is 11.3 Å². The first-order chi connectivity index (χ1) is 7.59. The molecule has 0 bridgehead atoms. The van der Waals surface area contributed by atoms with Crippen LogP contribution in [0, 0.1) is 16.7 Å². The predicted octanol–water partition coefficient (Wildman–Crippen LogP) is 4.52. The highest BCUT2D eigenvalue weighted by Gasteiger charge is 2.25. The van der Waals surface area contributed by atoms with E-state index < -0.39 is 0 Å². The van der Waals surface area contributed by atoms with Crippen molar-refractivity contribution in [1.29, 1.82) is 0 Å². The Bertz CT molecular complexity index is 320. The van der Waals surface area contributed by atoms with Crippen molar-refractivity contribution >= 4 is 0 Å². The first-order valence-electron chi connectivity index (χ1n) is 6.72. The predicted molar refractivity (Wildman–Crippen MR) is 76.9 cm³/mol. The molecule has 1 nitrogen and oxygen atoms in total. The molecule has 0 saturated heterocycles. The van der Waals surface area contributed by atoms with Crippen LogP contribution < -0.4 is 5.32 Å². The van der Waals surface area contributed by atoms with Crippen LogP contribution in [0.1, 0.15) is 54.9 Å². The van der Waals surface area contributed by atoms with Crippen LogP contribution in [0.3, 0.4) is 0 Å². The topological polar surface area (TPSA) is 12.0 Å². The fraction of sp³-hybridized carbons (Fsp3) is 0.750. The summed E-state index contributed by atoms with van der Waals surface area (Å²) in [4.78, 5) is 0. The Morgan fingerprint density at radius 3 is 2.18 bits per heavy atom. The van der Waals surface area contributed by atoms with Crippen molar-refractivity contribution < 1.29 is 0 Å². The summed E-state index contributed by atoms with van der Waals surface area (Å²) in [5.41, 5.74) is 3.44. The van der Waals surface area contributed by atoms with Crippen molar-refractivity contribution in [2.75, 3.05) is 6.54 Å². The number of nitrogens with one attached hydrogen (secondary N) is 1. The third kappa shape index (κ3) is 4.57. The van der Waals surface area contributed by atoms with E-state index in [9.17, 15) is 0 Å². The normalized spacial score (nSPS) is 21.9. The first-order valence-corrected chi connectivity index (χ1v) is 6.72.